The summed E-state index contributed by atoms with van der Waals surface area (Å²) in [5.41, 5.74) is 27.4. The molecule has 0 unspecified atom stereocenters. The van der Waals surface area contributed by atoms with Crippen molar-refractivity contribution in [1.29, 1.82) is 0 Å². The molecule has 0 atom stereocenters. The second kappa shape index (κ2) is 10.3. The first-order chi connectivity index (χ1) is 21.6. The maximum absolute atomic E-state index is 6.33. The lowest BCUT2D eigenvalue weighted by atomic mass is 9.94. The smallest absolute Gasteiger partial charge is 0.0658 e. The van der Waals surface area contributed by atoms with E-state index in [1.807, 2.05) is 36.4 Å². The average Bonchev–Trinajstić information content (AvgIpc) is 3.83. The van der Waals surface area contributed by atoms with E-state index < -0.39 is 0 Å². The molecule has 6 aromatic rings. The molecule has 5 heterocycles. The molecule has 3 aromatic heterocycles. The number of nitrogen functional groups attached to an aromatic ring is 2. The van der Waals surface area contributed by atoms with Crippen LogP contribution in [0, 0.1) is 0 Å². The van der Waals surface area contributed by atoms with Crippen LogP contribution in [0.5, 0.6) is 0 Å². The Hall–Kier alpha value is -6.14. The number of benzene rings is 3. The molecule has 210 valence electrons. The summed E-state index contributed by atoms with van der Waals surface area (Å²) in [7, 11) is 0. The number of anilines is 2. The van der Waals surface area contributed by atoms with Gasteiger partial charge >= 0.3 is 0 Å². The zero-order valence-corrected chi connectivity index (χ0v) is 23.8. The minimum absolute atomic E-state index is 0.650. The normalized spacial score (nSPS) is 12.1. The molecule has 0 aliphatic carbocycles. The molecule has 2 aliphatic heterocycles. The number of hydrogen-bond donors (Lipinski definition) is 4. The van der Waals surface area contributed by atoms with Crippen LogP contribution in [0.4, 0.5) is 11.4 Å². The first-order valence-electron chi connectivity index (χ1n) is 14.5. The van der Waals surface area contributed by atoms with Crippen LogP contribution in [0.2, 0.25) is 0 Å². The summed E-state index contributed by atoms with van der Waals surface area (Å²) in [4.78, 5) is 17.0. The van der Waals surface area contributed by atoms with E-state index >= 15 is 0 Å². The summed E-state index contributed by atoms with van der Waals surface area (Å²) in [6.45, 7) is 0. The summed E-state index contributed by atoms with van der Waals surface area (Å²) in [6.07, 6.45) is 8.18. The van der Waals surface area contributed by atoms with Gasteiger partial charge in [-0.15, -0.1) is 0 Å². The minimum atomic E-state index is 0.650. The first kappa shape index (κ1) is 25.6. The van der Waals surface area contributed by atoms with E-state index in [2.05, 4.69) is 101 Å². The Labute approximate surface area is 254 Å². The van der Waals surface area contributed by atoms with Gasteiger partial charge in [0, 0.05) is 50.1 Å². The Kier molecular flexibility index (Phi) is 5.98. The highest BCUT2D eigenvalue weighted by atomic mass is 14.8. The Morgan fingerprint density at radius 1 is 0.455 bits per heavy atom. The molecular formula is C38H28N6. The monoisotopic (exact) mass is 568 g/mol. The van der Waals surface area contributed by atoms with Gasteiger partial charge in [0.2, 0.25) is 0 Å². The van der Waals surface area contributed by atoms with Gasteiger partial charge in [-0.2, -0.15) is 0 Å². The van der Waals surface area contributed by atoms with Crippen LogP contribution in [0.25, 0.3) is 79.8 Å². The summed E-state index contributed by atoms with van der Waals surface area (Å²) < 4.78 is 0. The zero-order valence-electron chi connectivity index (χ0n) is 23.8. The number of rotatable bonds is 3. The van der Waals surface area contributed by atoms with E-state index in [9.17, 15) is 0 Å². The predicted molar refractivity (Wildman–Crippen MR) is 184 cm³/mol. The molecule has 6 heteroatoms. The molecule has 6 N–H and O–H groups in total. The van der Waals surface area contributed by atoms with E-state index in [-0.39, 0.29) is 0 Å². The molecule has 0 radical (unpaired) electrons. The Balaban J connectivity index is 1.42. The van der Waals surface area contributed by atoms with Gasteiger partial charge in [0.25, 0.3) is 0 Å². The summed E-state index contributed by atoms with van der Waals surface area (Å²) in [5.74, 6) is 0. The molecule has 3 aromatic carbocycles. The molecule has 0 saturated carbocycles. The second-order valence-corrected chi connectivity index (χ2v) is 11.0. The van der Waals surface area contributed by atoms with Crippen LogP contribution < -0.4 is 11.5 Å². The highest BCUT2D eigenvalue weighted by Gasteiger charge is 2.17. The van der Waals surface area contributed by atoms with E-state index in [1.54, 1.807) is 6.07 Å². The Morgan fingerprint density at radius 2 is 0.977 bits per heavy atom. The lowest BCUT2D eigenvalue weighted by molar-refractivity contribution is 1.31. The number of fused-ring (bicyclic) bond motifs is 8. The van der Waals surface area contributed by atoms with Crippen molar-refractivity contribution >= 4 is 57.7 Å². The number of nitrogens with zero attached hydrogens (tertiary/aromatic N) is 2. The highest BCUT2D eigenvalue weighted by molar-refractivity contribution is 6.03. The molecule has 2 aliphatic rings. The van der Waals surface area contributed by atoms with Gasteiger partial charge in [0.15, 0.2) is 0 Å². The van der Waals surface area contributed by atoms with Crippen molar-refractivity contribution in [2.75, 3.05) is 11.5 Å². The standard InChI is InChI=1S/C38H28N6/c39-26-10-17-33(34(40)18-26)23-6-8-25(9-7-23)38-36-22-32-16-14-30(43-32)20-28-12-11-27(41-28)19-29-13-15-31(42-29)21-35(44-36)37(38)24-4-2-1-3-5-24/h1-22,41,44H,39-40H2. The van der Waals surface area contributed by atoms with Crippen molar-refractivity contribution in [3.63, 3.8) is 0 Å². The van der Waals surface area contributed by atoms with Gasteiger partial charge in [0.1, 0.15) is 0 Å². The third-order valence-electron chi connectivity index (χ3n) is 7.97. The van der Waals surface area contributed by atoms with Crippen LogP contribution in [0.15, 0.2) is 109 Å². The van der Waals surface area contributed by atoms with Crippen LogP contribution in [-0.2, 0) is 0 Å². The lowest BCUT2D eigenvalue weighted by Gasteiger charge is -2.10. The van der Waals surface area contributed by atoms with Crippen LogP contribution in [0.1, 0.15) is 22.8 Å². The maximum atomic E-state index is 6.33. The number of nitrogens with two attached hydrogens (primary N) is 2. The molecule has 0 amide bonds. The number of aromatic amines is 2. The van der Waals surface area contributed by atoms with Crippen molar-refractivity contribution in [3.8, 4) is 33.4 Å². The Morgan fingerprint density at radius 3 is 1.55 bits per heavy atom. The van der Waals surface area contributed by atoms with Crippen LogP contribution in [-0.4, -0.2) is 19.9 Å². The zero-order chi connectivity index (χ0) is 29.6. The van der Waals surface area contributed by atoms with Crippen molar-refractivity contribution in [2.24, 2.45) is 0 Å². The van der Waals surface area contributed by atoms with Gasteiger partial charge in [-0.1, -0.05) is 60.7 Å². The fourth-order valence-corrected chi connectivity index (χ4v) is 5.94. The van der Waals surface area contributed by atoms with Crippen LogP contribution in [0.3, 0.4) is 0 Å². The topological polar surface area (TPSA) is 109 Å². The van der Waals surface area contributed by atoms with Gasteiger partial charge in [-0.25, -0.2) is 9.97 Å². The van der Waals surface area contributed by atoms with Crippen molar-refractivity contribution in [2.45, 2.75) is 0 Å². The summed E-state index contributed by atoms with van der Waals surface area (Å²) in [5, 5.41) is 0. The molecule has 0 saturated heterocycles. The molecule has 44 heavy (non-hydrogen) atoms. The number of nitrogens with one attached hydrogen (secondary N) is 2. The minimum Gasteiger partial charge on any atom is -0.399 e. The number of H-pyrrole nitrogens is 2. The fraction of sp³-hybridized carbons (Fsp3) is 0. The SMILES string of the molecule is Nc1ccc(-c2ccc(-c3c(-c4ccccc4)c4cc5nc(cc6ccc(cc7nc(cc3[nH]4)C=C7)[nH]6)C=C5)cc2)c(N)c1. The molecule has 0 spiro atoms. The van der Waals surface area contributed by atoms with E-state index in [4.69, 9.17) is 21.4 Å². The largest absolute Gasteiger partial charge is 0.399 e. The molecule has 8 bridgehead atoms. The molecule has 0 fully saturated rings. The van der Waals surface area contributed by atoms with E-state index in [0.29, 0.717) is 11.4 Å². The van der Waals surface area contributed by atoms with Crippen molar-refractivity contribution in [1.82, 2.24) is 19.9 Å². The first-order valence-corrected chi connectivity index (χ1v) is 14.5. The lowest BCUT2D eigenvalue weighted by Crippen LogP contribution is -1.93. The summed E-state index contributed by atoms with van der Waals surface area (Å²) >= 11 is 0. The maximum Gasteiger partial charge on any atom is 0.0658 e. The third-order valence-corrected chi connectivity index (χ3v) is 7.97. The highest BCUT2D eigenvalue weighted by Crippen LogP contribution is 2.40. The third kappa shape index (κ3) is 4.74. The van der Waals surface area contributed by atoms with Gasteiger partial charge in [-0.05, 0) is 89.5 Å². The van der Waals surface area contributed by atoms with Crippen molar-refractivity contribution < 1.29 is 0 Å². The molecular weight excluding hydrogens is 540 g/mol. The predicted octanol–water partition coefficient (Wildman–Crippen LogP) is 8.82. The number of hydrogen-bond acceptors (Lipinski definition) is 4. The number of aromatic nitrogens is 4. The van der Waals surface area contributed by atoms with Gasteiger partial charge in [0.05, 0.1) is 22.8 Å². The fourth-order valence-electron chi connectivity index (χ4n) is 5.94. The summed E-state index contributed by atoms with van der Waals surface area (Å²) in [6, 6.07) is 37.1. The quantitative estimate of drug-likeness (QED) is 0.160. The molecule has 6 nitrogen and oxygen atoms in total. The van der Waals surface area contributed by atoms with Gasteiger partial charge in [-0.3, -0.25) is 0 Å². The van der Waals surface area contributed by atoms with Crippen molar-refractivity contribution in [3.05, 3.63) is 132 Å². The Bertz CT molecular complexity index is 2290. The van der Waals surface area contributed by atoms with Crippen LogP contribution >= 0.6 is 0 Å². The van der Waals surface area contributed by atoms with E-state index in [1.165, 1.54) is 0 Å². The molecule has 8 rings (SSSR count). The second-order valence-electron chi connectivity index (χ2n) is 11.0. The van der Waals surface area contributed by atoms with E-state index in [0.717, 1.165) is 78.2 Å². The van der Waals surface area contributed by atoms with Gasteiger partial charge < -0.3 is 21.4 Å². The average molecular weight is 569 g/mol.